The molecule has 4 nitrogen and oxygen atoms in total. The zero-order valence-electron chi connectivity index (χ0n) is 13.7. The van der Waals surface area contributed by atoms with Crippen molar-refractivity contribution in [3.63, 3.8) is 0 Å². The number of nitrogens with zero attached hydrogens (tertiary/aromatic N) is 1. The molecule has 1 saturated carbocycles. The van der Waals surface area contributed by atoms with Crippen LogP contribution < -0.4 is 10.2 Å². The van der Waals surface area contributed by atoms with Crippen molar-refractivity contribution < 1.29 is 18.4 Å². The molecule has 1 aliphatic carbocycles. The molecule has 0 aromatic carbocycles. The molecule has 0 radical (unpaired) electrons. The molecule has 2 fully saturated rings. The molecule has 1 aromatic heterocycles. The fraction of sp³-hybridized carbons (Fsp3) is 0.688. The van der Waals surface area contributed by atoms with Gasteiger partial charge in [-0.05, 0) is 53.4 Å². The maximum absolute atomic E-state index is 14.4. The van der Waals surface area contributed by atoms with E-state index in [0.29, 0.717) is 11.3 Å². The summed E-state index contributed by atoms with van der Waals surface area (Å²) in [5.74, 6) is -0.0637. The monoisotopic (exact) mass is 307 g/mol. The number of ether oxygens (including phenoxy) is 1. The molecular formula is C16H23BFNO3. The van der Waals surface area contributed by atoms with Gasteiger partial charge in [-0.1, -0.05) is 0 Å². The van der Waals surface area contributed by atoms with Crippen molar-refractivity contribution in [3.05, 3.63) is 18.1 Å². The van der Waals surface area contributed by atoms with Crippen LogP contribution in [0.25, 0.3) is 0 Å². The van der Waals surface area contributed by atoms with Crippen LogP contribution in [-0.2, 0) is 9.31 Å². The number of halogens is 1. The van der Waals surface area contributed by atoms with Crippen molar-refractivity contribution in [1.29, 1.82) is 0 Å². The zero-order valence-corrected chi connectivity index (χ0v) is 13.7. The molecule has 1 aliphatic heterocycles. The van der Waals surface area contributed by atoms with Crippen molar-refractivity contribution in [2.75, 3.05) is 0 Å². The topological polar surface area (TPSA) is 40.6 Å². The summed E-state index contributed by atoms with van der Waals surface area (Å²) in [4.78, 5) is 4.22. The molecule has 22 heavy (non-hydrogen) atoms. The number of hydrogen-bond acceptors (Lipinski definition) is 4. The summed E-state index contributed by atoms with van der Waals surface area (Å²) in [6.07, 6.45) is 5.99. The fourth-order valence-corrected chi connectivity index (χ4v) is 2.81. The first-order chi connectivity index (χ1) is 10.3. The standard InChI is InChI=1S/C16H23BFNO3/c1-15(2)16(3,4)22-17(21-15)12-10-19-14(9-13(12)18)20-11-7-5-6-8-11/h9-11H,5-8H2,1-4H3. The Morgan fingerprint density at radius 2 is 1.77 bits per heavy atom. The van der Waals surface area contributed by atoms with Gasteiger partial charge in [-0.2, -0.15) is 0 Å². The van der Waals surface area contributed by atoms with Gasteiger partial charge >= 0.3 is 7.12 Å². The van der Waals surface area contributed by atoms with Crippen LogP contribution in [0, 0.1) is 5.82 Å². The Balaban J connectivity index is 1.75. The second-order valence-electron chi connectivity index (χ2n) is 7.16. The smallest absolute Gasteiger partial charge is 0.474 e. The lowest BCUT2D eigenvalue weighted by molar-refractivity contribution is 0.00578. The molecule has 1 saturated heterocycles. The Bertz CT molecular complexity index is 542. The van der Waals surface area contributed by atoms with Gasteiger partial charge in [0.2, 0.25) is 5.88 Å². The molecule has 0 bridgehead atoms. The Morgan fingerprint density at radius 1 is 1.18 bits per heavy atom. The number of hydrogen-bond donors (Lipinski definition) is 0. The predicted molar refractivity (Wildman–Crippen MR) is 82.8 cm³/mol. The molecule has 0 amide bonds. The number of rotatable bonds is 3. The van der Waals surface area contributed by atoms with Crippen LogP contribution in [0.1, 0.15) is 53.4 Å². The van der Waals surface area contributed by atoms with Gasteiger partial charge in [0.15, 0.2) is 0 Å². The Morgan fingerprint density at radius 3 is 2.32 bits per heavy atom. The van der Waals surface area contributed by atoms with Crippen LogP contribution >= 0.6 is 0 Å². The summed E-state index contributed by atoms with van der Waals surface area (Å²) in [6, 6.07) is 1.33. The molecule has 3 rings (SSSR count). The maximum Gasteiger partial charge on any atom is 0.499 e. The quantitative estimate of drug-likeness (QED) is 0.805. The lowest BCUT2D eigenvalue weighted by Gasteiger charge is -2.32. The molecule has 2 heterocycles. The highest BCUT2D eigenvalue weighted by atomic mass is 19.1. The minimum Gasteiger partial charge on any atom is -0.474 e. The Kier molecular flexibility index (Phi) is 3.93. The molecule has 6 heteroatoms. The van der Waals surface area contributed by atoms with Crippen LogP contribution in [0.2, 0.25) is 0 Å². The number of pyridine rings is 1. The van der Waals surface area contributed by atoms with Crippen molar-refractivity contribution in [2.45, 2.75) is 70.7 Å². The van der Waals surface area contributed by atoms with E-state index in [0.717, 1.165) is 12.8 Å². The van der Waals surface area contributed by atoms with Crippen molar-refractivity contribution in [2.24, 2.45) is 0 Å². The molecule has 120 valence electrons. The van der Waals surface area contributed by atoms with Crippen LogP contribution in [-0.4, -0.2) is 29.4 Å². The van der Waals surface area contributed by atoms with Crippen molar-refractivity contribution >= 4 is 12.6 Å². The van der Waals surface area contributed by atoms with Gasteiger partial charge in [-0.3, -0.25) is 0 Å². The SMILES string of the molecule is CC1(C)OB(c2cnc(OC3CCCC3)cc2F)OC1(C)C. The van der Waals surface area contributed by atoms with E-state index in [4.69, 9.17) is 14.0 Å². The second kappa shape index (κ2) is 5.50. The minimum atomic E-state index is -0.738. The molecule has 0 unspecified atom stereocenters. The predicted octanol–water partition coefficient (Wildman–Crippen LogP) is 2.84. The highest BCUT2D eigenvalue weighted by Gasteiger charge is 2.52. The van der Waals surface area contributed by atoms with Crippen LogP contribution in [0.3, 0.4) is 0 Å². The van der Waals surface area contributed by atoms with E-state index >= 15 is 0 Å². The first kappa shape index (κ1) is 15.7. The molecule has 1 aromatic rings. The summed E-state index contributed by atoms with van der Waals surface area (Å²) >= 11 is 0. The van der Waals surface area contributed by atoms with Crippen molar-refractivity contribution in [1.82, 2.24) is 4.98 Å². The number of aromatic nitrogens is 1. The second-order valence-corrected chi connectivity index (χ2v) is 7.16. The zero-order chi connectivity index (χ0) is 16.0. The molecule has 2 aliphatic rings. The van der Waals surface area contributed by atoms with E-state index in [1.807, 2.05) is 27.7 Å². The molecular weight excluding hydrogens is 284 g/mol. The normalized spacial score (nSPS) is 24.0. The fourth-order valence-electron chi connectivity index (χ4n) is 2.81. The summed E-state index contributed by atoms with van der Waals surface area (Å²) in [7, 11) is -0.738. The third-order valence-corrected chi connectivity index (χ3v) is 4.95. The van der Waals surface area contributed by atoms with E-state index < -0.39 is 24.1 Å². The maximum atomic E-state index is 14.4. The lowest BCUT2D eigenvalue weighted by atomic mass is 9.80. The summed E-state index contributed by atoms with van der Waals surface area (Å²) in [5, 5.41) is 0. The summed E-state index contributed by atoms with van der Waals surface area (Å²) in [6.45, 7) is 7.76. The van der Waals surface area contributed by atoms with Gasteiger partial charge in [0, 0.05) is 17.7 Å². The van der Waals surface area contributed by atoms with Gasteiger partial charge in [0.05, 0.1) is 11.2 Å². The van der Waals surface area contributed by atoms with Gasteiger partial charge < -0.3 is 14.0 Å². The minimum absolute atomic E-state index is 0.162. The highest BCUT2D eigenvalue weighted by molar-refractivity contribution is 6.62. The van der Waals surface area contributed by atoms with E-state index in [-0.39, 0.29) is 6.10 Å². The van der Waals surface area contributed by atoms with Gasteiger partial charge in [-0.25, -0.2) is 9.37 Å². The van der Waals surface area contributed by atoms with Gasteiger partial charge in [-0.15, -0.1) is 0 Å². The first-order valence-corrected chi connectivity index (χ1v) is 7.96. The molecule has 0 atom stereocenters. The molecule has 0 spiro atoms. The van der Waals surface area contributed by atoms with Crippen LogP contribution in [0.5, 0.6) is 5.88 Å². The third kappa shape index (κ3) is 2.86. The van der Waals surface area contributed by atoms with Gasteiger partial charge in [0.1, 0.15) is 11.9 Å². The van der Waals surface area contributed by atoms with E-state index in [2.05, 4.69) is 4.98 Å². The third-order valence-electron chi connectivity index (χ3n) is 4.95. The van der Waals surface area contributed by atoms with Crippen molar-refractivity contribution in [3.8, 4) is 5.88 Å². The largest absolute Gasteiger partial charge is 0.499 e. The summed E-state index contributed by atoms with van der Waals surface area (Å²) in [5.41, 5.74) is -0.677. The lowest BCUT2D eigenvalue weighted by Crippen LogP contribution is -2.41. The molecule has 0 N–H and O–H groups in total. The van der Waals surface area contributed by atoms with Crippen LogP contribution in [0.15, 0.2) is 12.3 Å². The summed E-state index contributed by atoms with van der Waals surface area (Å²) < 4.78 is 31.8. The Labute approximate surface area is 131 Å². The van der Waals surface area contributed by atoms with E-state index in [1.54, 1.807) is 0 Å². The van der Waals surface area contributed by atoms with E-state index in [1.165, 1.54) is 25.1 Å². The first-order valence-electron chi connectivity index (χ1n) is 7.96. The van der Waals surface area contributed by atoms with Crippen LogP contribution in [0.4, 0.5) is 4.39 Å². The average molecular weight is 307 g/mol. The Hall–Kier alpha value is -1.14. The average Bonchev–Trinajstić information content (AvgIpc) is 2.96. The highest BCUT2D eigenvalue weighted by Crippen LogP contribution is 2.36. The van der Waals surface area contributed by atoms with Gasteiger partial charge in [0.25, 0.3) is 0 Å². The van der Waals surface area contributed by atoms with E-state index in [9.17, 15) is 4.39 Å².